The number of amides is 1. The van der Waals surface area contributed by atoms with Crippen LogP contribution in [0.5, 0.6) is 0 Å². The number of rotatable bonds is 7. The molecule has 7 heteroatoms. The first-order chi connectivity index (χ1) is 11.9. The number of carbonyl (C=O) groups excluding carboxylic acids is 1. The smallest absolute Gasteiger partial charge is 0.385 e. The van der Waals surface area contributed by atoms with Crippen molar-refractivity contribution < 1.29 is 18.0 Å². The molecule has 2 aromatic rings. The number of hydrogen-bond acceptors (Lipinski definition) is 3. The fourth-order valence-corrected chi connectivity index (χ4v) is 2.24. The first-order valence-corrected chi connectivity index (χ1v) is 8.08. The second kappa shape index (κ2) is 8.50. The number of pyridine rings is 1. The molecule has 134 valence electrons. The van der Waals surface area contributed by atoms with Crippen molar-refractivity contribution in [3.05, 3.63) is 53.9 Å². The highest BCUT2D eigenvalue weighted by Gasteiger charge is 2.30. The van der Waals surface area contributed by atoms with Crippen LogP contribution in [-0.2, 0) is 6.18 Å². The highest BCUT2D eigenvalue weighted by Crippen LogP contribution is 2.30. The highest BCUT2D eigenvalue weighted by molar-refractivity contribution is 6.03. The fraction of sp³-hybridized carbons (Fsp3) is 0.333. The number of halogens is 3. The number of alkyl halides is 3. The van der Waals surface area contributed by atoms with Crippen LogP contribution in [0, 0.1) is 0 Å². The summed E-state index contributed by atoms with van der Waals surface area (Å²) < 4.78 is 38.2. The molecule has 0 bridgehead atoms. The minimum atomic E-state index is -4.46. The molecule has 2 N–H and O–H groups in total. The predicted molar refractivity (Wildman–Crippen MR) is 91.6 cm³/mol. The number of anilines is 2. The zero-order valence-corrected chi connectivity index (χ0v) is 13.9. The number of carbonyl (C=O) groups is 1. The maximum Gasteiger partial charge on any atom is 0.416 e. The molecule has 0 radical (unpaired) electrons. The van der Waals surface area contributed by atoms with Crippen molar-refractivity contribution in [2.24, 2.45) is 0 Å². The molecule has 1 aromatic heterocycles. The number of benzene rings is 1. The van der Waals surface area contributed by atoms with Crippen molar-refractivity contribution in [1.82, 2.24) is 4.98 Å². The molecule has 0 aliphatic heterocycles. The Bertz CT molecular complexity index is 717. The summed E-state index contributed by atoms with van der Waals surface area (Å²) in [5.41, 5.74) is 0.144. The minimum Gasteiger partial charge on any atom is -0.385 e. The van der Waals surface area contributed by atoms with Gasteiger partial charge in [-0.1, -0.05) is 25.8 Å². The Kier molecular flexibility index (Phi) is 6.38. The summed E-state index contributed by atoms with van der Waals surface area (Å²) in [4.78, 5) is 16.2. The Hall–Kier alpha value is -2.57. The van der Waals surface area contributed by atoms with Gasteiger partial charge in [0.1, 0.15) is 5.69 Å². The van der Waals surface area contributed by atoms with Crippen LogP contribution < -0.4 is 10.6 Å². The van der Waals surface area contributed by atoms with Crippen LogP contribution in [0.2, 0.25) is 0 Å². The molecular weight excluding hydrogens is 331 g/mol. The van der Waals surface area contributed by atoms with Gasteiger partial charge in [-0.25, -0.2) is 0 Å². The topological polar surface area (TPSA) is 54.0 Å². The van der Waals surface area contributed by atoms with Crippen LogP contribution in [0.25, 0.3) is 0 Å². The third-order valence-electron chi connectivity index (χ3n) is 3.55. The SMILES string of the molecule is CCCCCNc1ccnc(C(=O)Nc2cccc(C(F)(F)F)c2)c1. The van der Waals surface area contributed by atoms with Crippen molar-refractivity contribution in [3.8, 4) is 0 Å². The number of hydrogen-bond donors (Lipinski definition) is 2. The lowest BCUT2D eigenvalue weighted by molar-refractivity contribution is -0.137. The second-order valence-electron chi connectivity index (χ2n) is 5.60. The van der Waals surface area contributed by atoms with Crippen molar-refractivity contribution in [3.63, 3.8) is 0 Å². The molecule has 0 saturated heterocycles. The van der Waals surface area contributed by atoms with Gasteiger partial charge in [0.15, 0.2) is 0 Å². The van der Waals surface area contributed by atoms with E-state index in [1.54, 1.807) is 12.1 Å². The summed E-state index contributed by atoms with van der Waals surface area (Å²) in [6.45, 7) is 2.90. The van der Waals surface area contributed by atoms with Crippen molar-refractivity contribution >= 4 is 17.3 Å². The average molecular weight is 351 g/mol. The van der Waals surface area contributed by atoms with Crippen LogP contribution in [0.15, 0.2) is 42.6 Å². The van der Waals surface area contributed by atoms with Crippen LogP contribution >= 0.6 is 0 Å². The summed E-state index contributed by atoms with van der Waals surface area (Å²) in [7, 11) is 0. The Labute approximate surface area is 144 Å². The average Bonchev–Trinajstić information content (AvgIpc) is 2.58. The van der Waals surface area contributed by atoms with E-state index in [-0.39, 0.29) is 11.4 Å². The summed E-state index contributed by atoms with van der Waals surface area (Å²) in [6, 6.07) is 7.82. The fourth-order valence-electron chi connectivity index (χ4n) is 2.24. The van der Waals surface area contributed by atoms with Crippen molar-refractivity contribution in [2.75, 3.05) is 17.2 Å². The molecule has 0 atom stereocenters. The van der Waals surface area contributed by atoms with Gasteiger partial charge in [-0.15, -0.1) is 0 Å². The van der Waals surface area contributed by atoms with E-state index in [0.29, 0.717) is 0 Å². The van der Waals surface area contributed by atoms with E-state index in [1.807, 2.05) is 0 Å². The predicted octanol–water partition coefficient (Wildman–Crippen LogP) is 4.95. The maximum absolute atomic E-state index is 12.7. The lowest BCUT2D eigenvalue weighted by Gasteiger charge is -2.10. The Morgan fingerprint density at radius 1 is 1.12 bits per heavy atom. The van der Waals surface area contributed by atoms with Gasteiger partial charge in [-0.3, -0.25) is 9.78 Å². The van der Waals surface area contributed by atoms with Crippen molar-refractivity contribution in [2.45, 2.75) is 32.4 Å². The van der Waals surface area contributed by atoms with Crippen molar-refractivity contribution in [1.29, 1.82) is 0 Å². The summed E-state index contributed by atoms with van der Waals surface area (Å²) in [6.07, 6.45) is 0.277. The molecule has 25 heavy (non-hydrogen) atoms. The van der Waals surface area contributed by atoms with E-state index < -0.39 is 17.6 Å². The molecule has 0 unspecified atom stereocenters. The standard InChI is InChI=1S/C18H20F3N3O/c1-2-3-4-9-22-14-8-10-23-16(12-14)17(25)24-15-7-5-6-13(11-15)18(19,20)21/h5-8,10-12H,2-4,9H2,1H3,(H,22,23)(H,24,25). The van der Waals surface area contributed by atoms with Gasteiger partial charge in [0.2, 0.25) is 0 Å². The van der Waals surface area contributed by atoms with E-state index >= 15 is 0 Å². The zero-order chi connectivity index (χ0) is 18.3. The van der Waals surface area contributed by atoms with E-state index in [1.165, 1.54) is 18.3 Å². The number of nitrogens with one attached hydrogen (secondary N) is 2. The summed E-state index contributed by atoms with van der Waals surface area (Å²) in [5.74, 6) is -0.559. The van der Waals surface area contributed by atoms with Gasteiger partial charge >= 0.3 is 6.18 Å². The van der Waals surface area contributed by atoms with Crippen LogP contribution in [0.4, 0.5) is 24.5 Å². The van der Waals surface area contributed by atoms with E-state index in [0.717, 1.165) is 43.6 Å². The summed E-state index contributed by atoms with van der Waals surface area (Å²) >= 11 is 0. The largest absolute Gasteiger partial charge is 0.416 e. The Morgan fingerprint density at radius 2 is 1.92 bits per heavy atom. The third-order valence-corrected chi connectivity index (χ3v) is 3.55. The van der Waals surface area contributed by atoms with Gasteiger partial charge in [-0.2, -0.15) is 13.2 Å². The first kappa shape index (κ1) is 18.8. The minimum absolute atomic E-state index is 0.0722. The molecule has 2 rings (SSSR count). The van der Waals surface area contributed by atoms with Crippen LogP contribution in [0.1, 0.15) is 42.2 Å². The molecule has 0 aliphatic carbocycles. The third kappa shape index (κ3) is 5.77. The lowest BCUT2D eigenvalue weighted by atomic mass is 10.2. The quantitative estimate of drug-likeness (QED) is 0.694. The Morgan fingerprint density at radius 3 is 2.64 bits per heavy atom. The van der Waals surface area contributed by atoms with Gasteiger partial charge in [0.05, 0.1) is 5.56 Å². The molecule has 0 fully saturated rings. The molecule has 1 aromatic carbocycles. The lowest BCUT2D eigenvalue weighted by Crippen LogP contribution is -2.15. The molecule has 4 nitrogen and oxygen atoms in total. The second-order valence-corrected chi connectivity index (χ2v) is 5.60. The highest BCUT2D eigenvalue weighted by atomic mass is 19.4. The van der Waals surface area contributed by atoms with Crippen LogP contribution in [0.3, 0.4) is 0 Å². The van der Waals surface area contributed by atoms with Gasteiger partial charge in [0, 0.05) is 24.1 Å². The zero-order valence-electron chi connectivity index (χ0n) is 13.9. The van der Waals surface area contributed by atoms with Crippen LogP contribution in [-0.4, -0.2) is 17.4 Å². The molecule has 1 heterocycles. The molecule has 0 spiro atoms. The normalized spacial score (nSPS) is 11.2. The number of unbranched alkanes of at least 4 members (excludes halogenated alkanes) is 2. The van der Waals surface area contributed by atoms with Gasteiger partial charge < -0.3 is 10.6 Å². The maximum atomic E-state index is 12.7. The van der Waals surface area contributed by atoms with E-state index in [9.17, 15) is 18.0 Å². The van der Waals surface area contributed by atoms with Gasteiger partial charge in [-0.05, 0) is 36.8 Å². The Balaban J connectivity index is 2.03. The number of nitrogens with zero attached hydrogens (tertiary/aromatic N) is 1. The van der Waals surface area contributed by atoms with E-state index in [2.05, 4.69) is 22.5 Å². The molecule has 1 amide bonds. The molecule has 0 aliphatic rings. The summed E-state index contributed by atoms with van der Waals surface area (Å²) in [5, 5.41) is 5.64. The molecule has 0 saturated carbocycles. The monoisotopic (exact) mass is 351 g/mol. The first-order valence-electron chi connectivity index (χ1n) is 8.08. The van der Waals surface area contributed by atoms with Gasteiger partial charge in [0.25, 0.3) is 5.91 Å². The molecular formula is C18H20F3N3O. The number of aromatic nitrogens is 1. The van der Waals surface area contributed by atoms with E-state index in [4.69, 9.17) is 0 Å².